The molecular weight excluding hydrogens is 414 g/mol. The van der Waals surface area contributed by atoms with Crippen LogP contribution in [0, 0.1) is 0 Å². The molecule has 0 amide bonds. The maximum absolute atomic E-state index is 12.2. The van der Waals surface area contributed by atoms with Crippen LogP contribution in [0.1, 0.15) is 32.2 Å². The number of hydrogen-bond donors (Lipinski definition) is 1. The summed E-state index contributed by atoms with van der Waals surface area (Å²) >= 11 is 12.2. The highest BCUT2D eigenvalue weighted by molar-refractivity contribution is 6.42. The molecule has 0 saturated carbocycles. The third-order valence-electron chi connectivity index (χ3n) is 3.82. The van der Waals surface area contributed by atoms with Crippen LogP contribution in [0.15, 0.2) is 42.3 Å². The summed E-state index contributed by atoms with van der Waals surface area (Å²) in [5.41, 5.74) is 3.66. The predicted octanol–water partition coefficient (Wildman–Crippen LogP) is 6.15. The predicted molar refractivity (Wildman–Crippen MR) is 106 cm³/mol. The fraction of sp³-hybridized carbons (Fsp3) is 0.316. The van der Waals surface area contributed by atoms with Gasteiger partial charge in [-0.15, -0.1) is 13.2 Å². The second-order valence-electron chi connectivity index (χ2n) is 6.13. The second-order valence-corrected chi connectivity index (χ2v) is 6.94. The Labute approximate surface area is 171 Å². The van der Waals surface area contributed by atoms with Gasteiger partial charge in [0.2, 0.25) is 0 Å². The van der Waals surface area contributed by atoms with Crippen LogP contribution < -0.4 is 5.32 Å². The minimum atomic E-state index is -4.70. The molecule has 0 radical (unpaired) electrons. The van der Waals surface area contributed by atoms with Crippen molar-refractivity contribution in [3.63, 3.8) is 0 Å². The maximum atomic E-state index is 12.2. The van der Waals surface area contributed by atoms with Gasteiger partial charge in [-0.1, -0.05) is 48.4 Å². The van der Waals surface area contributed by atoms with E-state index in [1.165, 1.54) is 13.0 Å². The lowest BCUT2D eigenvalue weighted by atomic mass is 10.2. The van der Waals surface area contributed by atoms with E-state index in [9.17, 15) is 13.2 Å². The number of allylic oxidation sites excluding steroid dienone is 3. The van der Waals surface area contributed by atoms with E-state index >= 15 is 0 Å². The van der Waals surface area contributed by atoms with Gasteiger partial charge in [0.25, 0.3) is 0 Å². The number of halogens is 5. The first-order chi connectivity index (χ1) is 13.0. The maximum Gasteiger partial charge on any atom is 0.572 e. The molecule has 2 heterocycles. The van der Waals surface area contributed by atoms with E-state index in [2.05, 4.69) is 21.6 Å². The van der Waals surface area contributed by atoms with Gasteiger partial charge in [-0.25, -0.2) is 4.98 Å². The Morgan fingerprint density at radius 3 is 2.57 bits per heavy atom. The molecule has 0 aliphatic rings. The van der Waals surface area contributed by atoms with Crippen molar-refractivity contribution in [3.05, 3.63) is 63.8 Å². The zero-order valence-electron chi connectivity index (χ0n) is 15.6. The van der Waals surface area contributed by atoms with E-state index in [-0.39, 0.29) is 5.76 Å². The van der Waals surface area contributed by atoms with Crippen LogP contribution in [0.5, 0.6) is 0 Å². The number of aromatic nitrogens is 2. The molecule has 2 aromatic heterocycles. The summed E-state index contributed by atoms with van der Waals surface area (Å²) in [6.07, 6.45) is 0.474. The molecule has 0 aromatic carbocycles. The largest absolute Gasteiger partial charge is 0.572 e. The number of pyridine rings is 1. The van der Waals surface area contributed by atoms with Gasteiger partial charge in [0.1, 0.15) is 11.4 Å². The lowest BCUT2D eigenvalue weighted by Crippen LogP contribution is -2.16. The highest BCUT2D eigenvalue weighted by atomic mass is 35.5. The van der Waals surface area contributed by atoms with Gasteiger partial charge >= 0.3 is 6.36 Å². The molecule has 1 N–H and O–H groups in total. The van der Waals surface area contributed by atoms with E-state index < -0.39 is 6.36 Å². The molecule has 4 nitrogen and oxygen atoms in total. The Hall–Kier alpha value is -2.12. The van der Waals surface area contributed by atoms with Gasteiger partial charge in [0.05, 0.1) is 27.1 Å². The van der Waals surface area contributed by atoms with Crippen molar-refractivity contribution in [3.8, 4) is 0 Å². The topological polar surface area (TPSA) is 38.6 Å². The molecule has 0 bridgehead atoms. The minimum Gasteiger partial charge on any atom is -0.411 e. The SMILES string of the molecule is C=C(NC/C(C)=C/C=C(\C)OC(F)(F)F)c1c(CC)nc2cc(Cl)c(Cl)cn12. The molecular formula is C19H20Cl2F3N3O. The monoisotopic (exact) mass is 433 g/mol. The number of fused-ring (bicyclic) bond motifs is 1. The first kappa shape index (κ1) is 22.2. The number of rotatable bonds is 7. The van der Waals surface area contributed by atoms with E-state index in [4.69, 9.17) is 23.2 Å². The Kier molecular flexibility index (Phi) is 7.06. The van der Waals surface area contributed by atoms with Crippen LogP contribution in [0.25, 0.3) is 11.3 Å². The average molecular weight is 434 g/mol. The fourth-order valence-electron chi connectivity index (χ4n) is 2.52. The summed E-state index contributed by atoms with van der Waals surface area (Å²) in [5, 5.41) is 3.97. The van der Waals surface area contributed by atoms with Gasteiger partial charge in [0.15, 0.2) is 0 Å². The first-order valence-electron chi connectivity index (χ1n) is 8.40. The number of imidazole rings is 1. The fourth-order valence-corrected chi connectivity index (χ4v) is 2.82. The van der Waals surface area contributed by atoms with Crippen LogP contribution in [-0.4, -0.2) is 22.3 Å². The molecule has 0 aliphatic carbocycles. The Morgan fingerprint density at radius 1 is 1.29 bits per heavy atom. The number of ether oxygens (including phenoxy) is 1. The zero-order chi connectivity index (χ0) is 21.1. The van der Waals surface area contributed by atoms with Crippen molar-refractivity contribution in [1.82, 2.24) is 14.7 Å². The van der Waals surface area contributed by atoms with Gasteiger partial charge in [-0.2, -0.15) is 0 Å². The third kappa shape index (κ3) is 5.69. The molecule has 9 heteroatoms. The quantitative estimate of drug-likeness (QED) is 0.420. The van der Waals surface area contributed by atoms with Crippen LogP contribution in [0.3, 0.4) is 0 Å². The van der Waals surface area contributed by atoms with Gasteiger partial charge in [0, 0.05) is 18.8 Å². The van der Waals surface area contributed by atoms with Crippen LogP contribution in [0.4, 0.5) is 13.2 Å². The number of hydrogen-bond acceptors (Lipinski definition) is 3. The molecule has 0 fully saturated rings. The lowest BCUT2D eigenvalue weighted by molar-refractivity contribution is -0.305. The average Bonchev–Trinajstić information content (AvgIpc) is 2.94. The highest BCUT2D eigenvalue weighted by Crippen LogP contribution is 2.27. The van der Waals surface area contributed by atoms with E-state index in [1.807, 2.05) is 11.3 Å². The molecule has 0 saturated heterocycles. The Balaban J connectivity index is 2.16. The Bertz CT molecular complexity index is 946. The van der Waals surface area contributed by atoms with Gasteiger partial charge in [-0.05, 0) is 26.3 Å². The van der Waals surface area contributed by atoms with Gasteiger partial charge < -0.3 is 10.1 Å². The summed E-state index contributed by atoms with van der Waals surface area (Å²) in [7, 11) is 0. The summed E-state index contributed by atoms with van der Waals surface area (Å²) in [5.74, 6) is -0.243. The number of nitrogens with zero attached hydrogens (tertiary/aromatic N) is 2. The van der Waals surface area contributed by atoms with Crippen LogP contribution >= 0.6 is 23.2 Å². The van der Waals surface area contributed by atoms with Crippen molar-refractivity contribution in [1.29, 1.82) is 0 Å². The highest BCUT2D eigenvalue weighted by Gasteiger charge is 2.30. The molecule has 152 valence electrons. The van der Waals surface area contributed by atoms with Crippen molar-refractivity contribution < 1.29 is 17.9 Å². The third-order valence-corrected chi connectivity index (χ3v) is 4.53. The van der Waals surface area contributed by atoms with Gasteiger partial charge in [-0.3, -0.25) is 4.40 Å². The summed E-state index contributed by atoms with van der Waals surface area (Å²) < 4.78 is 42.1. The minimum absolute atomic E-state index is 0.243. The summed E-state index contributed by atoms with van der Waals surface area (Å²) in [6, 6.07) is 1.68. The molecule has 2 aromatic rings. The molecule has 0 atom stereocenters. The van der Waals surface area contributed by atoms with E-state index in [0.717, 1.165) is 17.0 Å². The van der Waals surface area contributed by atoms with Crippen molar-refractivity contribution >= 4 is 34.5 Å². The summed E-state index contributed by atoms with van der Waals surface area (Å²) in [4.78, 5) is 4.55. The van der Waals surface area contributed by atoms with Crippen LogP contribution in [0.2, 0.25) is 10.0 Å². The van der Waals surface area contributed by atoms with E-state index in [1.54, 1.807) is 25.3 Å². The Morgan fingerprint density at radius 2 is 1.96 bits per heavy atom. The molecule has 0 spiro atoms. The number of nitrogens with one attached hydrogen (secondary N) is 1. The number of aryl methyl sites for hydroxylation is 1. The smallest absolute Gasteiger partial charge is 0.411 e. The molecule has 28 heavy (non-hydrogen) atoms. The molecule has 0 unspecified atom stereocenters. The van der Waals surface area contributed by atoms with Crippen molar-refractivity contribution in [2.45, 2.75) is 33.6 Å². The lowest BCUT2D eigenvalue weighted by Gasteiger charge is -2.12. The van der Waals surface area contributed by atoms with E-state index in [0.29, 0.717) is 34.4 Å². The normalized spacial score (nSPS) is 13.1. The molecule has 0 aliphatic heterocycles. The van der Waals surface area contributed by atoms with Crippen molar-refractivity contribution in [2.75, 3.05) is 6.54 Å². The molecule has 2 rings (SSSR count). The standard InChI is InChI=1S/C19H20Cl2F3N3O/c1-5-16-18(27-10-15(21)14(20)8-17(27)26-16)13(4)25-9-11(2)6-7-12(3)28-19(22,23)24/h6-8,10,25H,4-5,9H2,1-3H3/b11-6+,12-7+. The van der Waals surface area contributed by atoms with Crippen LogP contribution in [-0.2, 0) is 11.2 Å². The number of alkyl halides is 3. The van der Waals surface area contributed by atoms with Crippen molar-refractivity contribution in [2.24, 2.45) is 0 Å². The second kappa shape index (κ2) is 8.92. The summed E-state index contributed by atoms with van der Waals surface area (Å²) in [6.45, 7) is 9.44. The first-order valence-corrected chi connectivity index (χ1v) is 9.16. The zero-order valence-corrected chi connectivity index (χ0v) is 17.1.